The van der Waals surface area contributed by atoms with Gasteiger partial charge in [0, 0.05) is 12.3 Å². The second-order valence-electron chi connectivity index (χ2n) is 7.87. The number of hydrogen-bond acceptors (Lipinski definition) is 16. The molecule has 10 atom stereocenters. The first-order valence-corrected chi connectivity index (χ1v) is 16.1. The summed E-state index contributed by atoms with van der Waals surface area (Å²) in [5.41, 5.74) is -1.74. The number of nitrogens with one attached hydrogen (secondary N) is 1. The summed E-state index contributed by atoms with van der Waals surface area (Å²) in [6.45, 7) is -1.05. The molecule has 1 fully saturated rings. The zero-order chi connectivity index (χ0) is 32.6. The minimum absolute atomic E-state index is 0.0818. The second kappa shape index (κ2) is 16.1. The van der Waals surface area contributed by atoms with Crippen LogP contribution in [0.15, 0.2) is 32.9 Å². The number of aliphatic hydroxyl groups excluding tert-OH is 6. The van der Waals surface area contributed by atoms with Crippen molar-refractivity contribution in [2.75, 3.05) is 6.61 Å². The largest absolute Gasteiger partial charge is 0.490 e. The van der Waals surface area contributed by atoms with E-state index in [2.05, 4.69) is 29.1 Å². The van der Waals surface area contributed by atoms with Crippen LogP contribution in [0.2, 0.25) is 0 Å². The SMILES string of the molecule is O=CC(O)C(O)C(O)C(O)/C=C\Br.O=c1ccn([C@@H]2O[C@H](COP(=O)(O)OP(=O)(O)OP(=O)(O)O)[C@@H](O)[C@H]2O)c(=O)[nH]1. The highest BCUT2D eigenvalue weighted by Gasteiger charge is 2.46. The lowest BCUT2D eigenvalue weighted by Crippen LogP contribution is -2.44. The van der Waals surface area contributed by atoms with Crippen molar-refractivity contribution >= 4 is 45.7 Å². The quantitative estimate of drug-likeness (QED) is 0.0679. The van der Waals surface area contributed by atoms with Crippen molar-refractivity contribution in [3.05, 3.63) is 44.2 Å². The third-order valence-corrected chi connectivity index (χ3v) is 8.85. The number of hydrogen-bond donors (Lipinski definition) is 11. The standard InChI is InChI=1S/C9H15N2O15P3.C7H11BrO5/c12-5-1-2-11(9(15)10-5)8-7(14)6(13)4(24-8)3-23-28(19,20)26-29(21,22)25-27(16,17)18;8-2-1-4(10)6(12)7(13)5(11)3-9/h1-2,4,6-8,13-14H,3H2,(H,19,20)(H,21,22)(H,10,12,15)(H2,16,17,18);1-7,10-13H/b;2-1-/t4-,6-,7-,8-;/m1./s1. The molecule has 1 aromatic heterocycles. The molecule has 242 valence electrons. The summed E-state index contributed by atoms with van der Waals surface area (Å²) in [5.74, 6) is 0. The summed E-state index contributed by atoms with van der Waals surface area (Å²) in [6, 6.07) is 0.920. The highest BCUT2D eigenvalue weighted by atomic mass is 79.9. The van der Waals surface area contributed by atoms with Crippen LogP contribution in [-0.4, -0.2) is 115 Å². The molecular formula is C16H26BrN2O20P3. The molecule has 2 rings (SSSR count). The fraction of sp³-hybridized carbons (Fsp3) is 0.562. The molecule has 0 aliphatic carbocycles. The number of aldehydes is 1. The van der Waals surface area contributed by atoms with E-state index in [1.807, 2.05) is 4.98 Å². The molecule has 42 heavy (non-hydrogen) atoms. The number of carbonyl (C=O) groups excluding carboxylic acids is 1. The van der Waals surface area contributed by atoms with Gasteiger partial charge in [-0.1, -0.05) is 15.9 Å². The molecule has 1 saturated heterocycles. The molecule has 0 spiro atoms. The van der Waals surface area contributed by atoms with E-state index in [1.165, 1.54) is 4.99 Å². The average Bonchev–Trinajstić information content (AvgIpc) is 3.13. The molecule has 26 heteroatoms. The lowest BCUT2D eigenvalue weighted by atomic mass is 10.0. The highest BCUT2D eigenvalue weighted by Crippen LogP contribution is 2.66. The summed E-state index contributed by atoms with van der Waals surface area (Å²) < 4.78 is 50.6. The molecule has 0 bridgehead atoms. The van der Waals surface area contributed by atoms with Crippen molar-refractivity contribution in [1.29, 1.82) is 0 Å². The molecule has 1 aromatic rings. The summed E-state index contributed by atoms with van der Waals surface area (Å²) >= 11 is 2.86. The Hall–Kier alpha value is -1.30. The van der Waals surface area contributed by atoms with Crippen LogP contribution in [-0.2, 0) is 36.4 Å². The number of ether oxygens (including phenoxy) is 1. The van der Waals surface area contributed by atoms with E-state index >= 15 is 0 Å². The Bertz CT molecular complexity index is 1330. The first-order chi connectivity index (χ1) is 19.1. The first-order valence-electron chi connectivity index (χ1n) is 10.7. The Kier molecular flexibility index (Phi) is 14.9. The summed E-state index contributed by atoms with van der Waals surface area (Å²) in [6.07, 6.45) is -10.8. The molecular weight excluding hydrogens is 713 g/mol. The van der Waals surface area contributed by atoms with Gasteiger partial charge < -0.3 is 59.7 Å². The van der Waals surface area contributed by atoms with E-state index in [0.717, 1.165) is 18.3 Å². The van der Waals surface area contributed by atoms with Crippen LogP contribution in [0.4, 0.5) is 0 Å². The van der Waals surface area contributed by atoms with Crippen LogP contribution in [0.1, 0.15) is 6.23 Å². The number of carbonyl (C=O) groups is 1. The predicted molar refractivity (Wildman–Crippen MR) is 135 cm³/mol. The Labute approximate surface area is 241 Å². The number of aliphatic hydroxyl groups is 6. The Balaban J connectivity index is 0.000000572. The Morgan fingerprint density at radius 1 is 0.976 bits per heavy atom. The number of aromatic amines is 1. The molecule has 0 saturated carbocycles. The van der Waals surface area contributed by atoms with Crippen LogP contribution < -0.4 is 11.2 Å². The number of aromatic nitrogens is 2. The lowest BCUT2D eigenvalue weighted by Gasteiger charge is -2.21. The lowest BCUT2D eigenvalue weighted by molar-refractivity contribution is -0.130. The molecule has 0 amide bonds. The molecule has 2 heterocycles. The summed E-state index contributed by atoms with van der Waals surface area (Å²) in [7, 11) is -16.8. The molecule has 22 nitrogen and oxygen atoms in total. The average molecular weight is 739 g/mol. The van der Waals surface area contributed by atoms with Crippen LogP contribution in [0.5, 0.6) is 0 Å². The zero-order valence-electron chi connectivity index (χ0n) is 20.4. The number of H-pyrrole nitrogens is 1. The van der Waals surface area contributed by atoms with E-state index in [1.54, 1.807) is 0 Å². The number of halogens is 1. The van der Waals surface area contributed by atoms with Gasteiger partial charge in [0.2, 0.25) is 0 Å². The Morgan fingerprint density at radius 2 is 1.55 bits per heavy atom. The van der Waals surface area contributed by atoms with Crippen LogP contribution in [0.25, 0.3) is 0 Å². The van der Waals surface area contributed by atoms with Crippen molar-refractivity contribution in [2.24, 2.45) is 0 Å². The maximum absolute atomic E-state index is 11.7. The highest BCUT2D eigenvalue weighted by molar-refractivity contribution is 9.11. The van der Waals surface area contributed by atoms with Crippen molar-refractivity contribution in [2.45, 2.75) is 49.0 Å². The van der Waals surface area contributed by atoms with Gasteiger partial charge in [0.05, 0.1) is 6.61 Å². The molecule has 1 aliphatic heterocycles. The maximum Gasteiger partial charge on any atom is 0.490 e. The molecule has 0 aromatic carbocycles. The number of phosphoric ester groups is 1. The van der Waals surface area contributed by atoms with Crippen molar-refractivity contribution in [1.82, 2.24) is 9.55 Å². The van der Waals surface area contributed by atoms with Crippen molar-refractivity contribution < 1.29 is 86.6 Å². The van der Waals surface area contributed by atoms with Gasteiger partial charge in [-0.25, -0.2) is 18.5 Å². The Morgan fingerprint density at radius 3 is 2.05 bits per heavy atom. The molecule has 6 unspecified atom stereocenters. The molecule has 11 N–H and O–H groups in total. The van der Waals surface area contributed by atoms with E-state index < -0.39 is 90.3 Å². The number of phosphoric acid groups is 3. The van der Waals surface area contributed by atoms with Gasteiger partial charge in [-0.3, -0.25) is 18.9 Å². The molecule has 0 radical (unpaired) electrons. The predicted octanol–water partition coefficient (Wildman–Crippen LogP) is -3.96. The van der Waals surface area contributed by atoms with Crippen molar-refractivity contribution in [3.8, 4) is 0 Å². The van der Waals surface area contributed by atoms with E-state index in [-0.39, 0.29) is 6.29 Å². The fourth-order valence-electron chi connectivity index (χ4n) is 2.87. The van der Waals surface area contributed by atoms with Gasteiger partial charge in [-0.15, -0.1) is 0 Å². The maximum atomic E-state index is 11.7. The fourth-order valence-corrected chi connectivity index (χ4v) is 6.21. The second-order valence-corrected chi connectivity index (χ2v) is 12.8. The van der Waals surface area contributed by atoms with Gasteiger partial charge in [-0.2, -0.15) is 8.62 Å². The van der Waals surface area contributed by atoms with Gasteiger partial charge in [-0.05, 0) is 11.1 Å². The van der Waals surface area contributed by atoms with Crippen LogP contribution in [0.3, 0.4) is 0 Å². The summed E-state index contributed by atoms with van der Waals surface area (Å²) in [5, 5.41) is 56.0. The van der Waals surface area contributed by atoms with Crippen LogP contribution >= 0.6 is 39.4 Å². The third-order valence-electron chi connectivity index (χ3n) is 4.74. The van der Waals surface area contributed by atoms with E-state index in [0.29, 0.717) is 4.57 Å². The van der Waals surface area contributed by atoms with Crippen molar-refractivity contribution in [3.63, 3.8) is 0 Å². The van der Waals surface area contributed by atoms with Crippen LogP contribution in [0, 0.1) is 0 Å². The van der Waals surface area contributed by atoms with E-state index in [4.69, 9.17) is 39.8 Å². The van der Waals surface area contributed by atoms with Gasteiger partial charge in [0.25, 0.3) is 5.56 Å². The normalized spacial score (nSPS) is 26.7. The zero-order valence-corrected chi connectivity index (χ0v) is 24.7. The summed E-state index contributed by atoms with van der Waals surface area (Å²) in [4.78, 5) is 71.2. The van der Waals surface area contributed by atoms with E-state index in [9.17, 15) is 43.2 Å². The van der Waals surface area contributed by atoms with Gasteiger partial charge in [0.15, 0.2) is 12.5 Å². The minimum atomic E-state index is -5.73. The van der Waals surface area contributed by atoms with Gasteiger partial charge >= 0.3 is 29.2 Å². The third kappa shape index (κ3) is 12.4. The number of rotatable bonds is 13. The monoisotopic (exact) mass is 738 g/mol. The first kappa shape index (κ1) is 38.7. The minimum Gasteiger partial charge on any atom is -0.387 e. The van der Waals surface area contributed by atoms with Gasteiger partial charge in [0.1, 0.15) is 42.7 Å². The topological polar surface area (TPSA) is 362 Å². The molecule has 1 aliphatic rings. The smallest absolute Gasteiger partial charge is 0.387 e. The number of nitrogens with zero attached hydrogens (tertiary/aromatic N) is 1.